The number of anilines is 1. The molecule has 24 heavy (non-hydrogen) atoms. The lowest BCUT2D eigenvalue weighted by atomic mass is 10.00. The summed E-state index contributed by atoms with van der Waals surface area (Å²) in [5.74, 6) is 1.33. The van der Waals surface area contributed by atoms with Crippen LogP contribution in [0.1, 0.15) is 23.5 Å². The Morgan fingerprint density at radius 1 is 1.17 bits per heavy atom. The van der Waals surface area contributed by atoms with E-state index in [0.717, 1.165) is 36.2 Å². The molecule has 3 aromatic rings. The van der Waals surface area contributed by atoms with Crippen molar-refractivity contribution in [1.29, 1.82) is 5.26 Å². The number of benzene rings is 1. The maximum absolute atomic E-state index is 9.48. The lowest BCUT2D eigenvalue weighted by Crippen LogP contribution is -2.20. The second-order valence-corrected chi connectivity index (χ2v) is 6.45. The van der Waals surface area contributed by atoms with Crippen molar-refractivity contribution < 1.29 is 0 Å². The molecule has 1 aliphatic rings. The predicted octanol–water partition coefficient (Wildman–Crippen LogP) is 4.15. The highest BCUT2D eigenvalue weighted by molar-refractivity contribution is 6.31. The average molecular weight is 335 g/mol. The number of aromatic nitrogens is 2. The Kier molecular flexibility index (Phi) is 3.79. The van der Waals surface area contributed by atoms with E-state index < -0.39 is 0 Å². The van der Waals surface area contributed by atoms with Crippen molar-refractivity contribution in [1.82, 2.24) is 9.97 Å². The second kappa shape index (κ2) is 6.10. The molecule has 0 N–H and O–H groups in total. The van der Waals surface area contributed by atoms with Crippen LogP contribution in [0.4, 0.5) is 5.82 Å². The molecule has 0 amide bonds. The summed E-state index contributed by atoms with van der Waals surface area (Å²) in [7, 11) is 0. The predicted molar refractivity (Wildman–Crippen MR) is 95.3 cm³/mol. The molecule has 1 aliphatic heterocycles. The van der Waals surface area contributed by atoms with Crippen molar-refractivity contribution in [3.63, 3.8) is 0 Å². The molecular formula is C19H15ClN4. The SMILES string of the molecule is N#Cc1cc(N2CCC(c3ccncc3)C2)nc2ccc(Cl)cc12. The second-order valence-electron chi connectivity index (χ2n) is 6.01. The molecule has 5 heteroatoms. The van der Waals surface area contributed by atoms with Crippen LogP contribution in [0.25, 0.3) is 10.9 Å². The van der Waals surface area contributed by atoms with Crippen molar-refractivity contribution in [2.45, 2.75) is 12.3 Å². The molecule has 0 bridgehead atoms. The van der Waals surface area contributed by atoms with Gasteiger partial charge in [-0.15, -0.1) is 0 Å². The summed E-state index contributed by atoms with van der Waals surface area (Å²) in [5, 5.41) is 10.9. The maximum atomic E-state index is 9.48. The van der Waals surface area contributed by atoms with Crippen molar-refractivity contribution in [3.8, 4) is 6.07 Å². The third kappa shape index (κ3) is 2.68. The Labute approximate surface area is 145 Å². The van der Waals surface area contributed by atoms with Gasteiger partial charge >= 0.3 is 0 Å². The molecule has 0 spiro atoms. The summed E-state index contributed by atoms with van der Waals surface area (Å²) in [6.07, 6.45) is 4.75. The highest BCUT2D eigenvalue weighted by atomic mass is 35.5. The molecule has 1 aromatic carbocycles. The number of fused-ring (bicyclic) bond motifs is 1. The first kappa shape index (κ1) is 14.9. The van der Waals surface area contributed by atoms with E-state index in [0.29, 0.717) is 16.5 Å². The van der Waals surface area contributed by atoms with Crippen molar-refractivity contribution in [2.75, 3.05) is 18.0 Å². The minimum atomic E-state index is 0.473. The summed E-state index contributed by atoms with van der Waals surface area (Å²) >= 11 is 6.05. The van der Waals surface area contributed by atoms with Crippen LogP contribution in [-0.2, 0) is 0 Å². The normalized spacial score (nSPS) is 17.2. The zero-order valence-corrected chi connectivity index (χ0v) is 13.7. The summed E-state index contributed by atoms with van der Waals surface area (Å²) in [5.41, 5.74) is 2.73. The zero-order valence-electron chi connectivity index (χ0n) is 13.0. The van der Waals surface area contributed by atoms with Crippen molar-refractivity contribution >= 4 is 28.3 Å². The van der Waals surface area contributed by atoms with E-state index in [1.165, 1.54) is 5.56 Å². The van der Waals surface area contributed by atoms with E-state index in [2.05, 4.69) is 28.1 Å². The number of hydrogen-bond acceptors (Lipinski definition) is 4. The Balaban J connectivity index is 1.68. The monoisotopic (exact) mass is 334 g/mol. The molecular weight excluding hydrogens is 320 g/mol. The van der Waals surface area contributed by atoms with Gasteiger partial charge in [-0.25, -0.2) is 4.98 Å². The van der Waals surface area contributed by atoms with E-state index in [1.54, 1.807) is 6.07 Å². The van der Waals surface area contributed by atoms with Gasteiger partial charge in [0, 0.05) is 41.8 Å². The third-order valence-corrected chi connectivity index (χ3v) is 4.80. The fourth-order valence-electron chi connectivity index (χ4n) is 3.31. The molecule has 4 nitrogen and oxygen atoms in total. The Hall–Kier alpha value is -2.64. The smallest absolute Gasteiger partial charge is 0.130 e. The summed E-state index contributed by atoms with van der Waals surface area (Å²) in [6, 6.07) is 13.8. The van der Waals surface area contributed by atoms with E-state index in [-0.39, 0.29) is 0 Å². The van der Waals surface area contributed by atoms with Gasteiger partial charge in [0.2, 0.25) is 0 Å². The molecule has 0 radical (unpaired) electrons. The number of rotatable bonds is 2. The van der Waals surface area contributed by atoms with E-state index in [4.69, 9.17) is 16.6 Å². The molecule has 1 saturated heterocycles. The number of nitrogens with zero attached hydrogens (tertiary/aromatic N) is 4. The van der Waals surface area contributed by atoms with Crippen LogP contribution >= 0.6 is 11.6 Å². The first-order valence-electron chi connectivity index (χ1n) is 7.90. The van der Waals surface area contributed by atoms with E-state index in [9.17, 15) is 5.26 Å². The van der Waals surface area contributed by atoms with Gasteiger partial charge in [0.15, 0.2) is 0 Å². The van der Waals surface area contributed by atoms with Crippen LogP contribution in [0.3, 0.4) is 0 Å². The molecule has 0 saturated carbocycles. The third-order valence-electron chi connectivity index (χ3n) is 4.57. The van der Waals surface area contributed by atoms with E-state index >= 15 is 0 Å². The number of hydrogen-bond donors (Lipinski definition) is 0. The van der Waals surface area contributed by atoms with Crippen molar-refractivity contribution in [2.24, 2.45) is 0 Å². The summed E-state index contributed by atoms with van der Waals surface area (Å²) < 4.78 is 0. The highest BCUT2D eigenvalue weighted by Crippen LogP contribution is 2.32. The van der Waals surface area contributed by atoms with Crippen LogP contribution in [-0.4, -0.2) is 23.1 Å². The van der Waals surface area contributed by atoms with Gasteiger partial charge in [-0.05, 0) is 48.4 Å². The average Bonchev–Trinajstić information content (AvgIpc) is 3.12. The summed E-state index contributed by atoms with van der Waals surface area (Å²) in [6.45, 7) is 1.84. The van der Waals surface area contributed by atoms with Gasteiger partial charge in [-0.2, -0.15) is 5.26 Å². The molecule has 0 aliphatic carbocycles. The first-order chi connectivity index (χ1) is 11.7. The molecule has 1 fully saturated rings. The largest absolute Gasteiger partial charge is 0.356 e. The van der Waals surface area contributed by atoms with Gasteiger partial charge in [-0.1, -0.05) is 11.6 Å². The van der Waals surface area contributed by atoms with Crippen LogP contribution in [0, 0.1) is 11.3 Å². The number of pyridine rings is 2. The molecule has 1 atom stereocenters. The standard InChI is InChI=1S/C19H15ClN4/c20-16-1-2-18-17(10-16)15(11-21)9-19(23-18)24-8-5-14(12-24)13-3-6-22-7-4-13/h1-4,6-7,9-10,14H,5,8,12H2. The molecule has 118 valence electrons. The van der Waals surface area contributed by atoms with Gasteiger partial charge < -0.3 is 4.90 Å². The fraction of sp³-hybridized carbons (Fsp3) is 0.211. The molecule has 4 rings (SSSR count). The lowest BCUT2D eigenvalue weighted by Gasteiger charge is -2.18. The van der Waals surface area contributed by atoms with Crippen molar-refractivity contribution in [3.05, 3.63) is 64.9 Å². The molecule has 2 aromatic heterocycles. The maximum Gasteiger partial charge on any atom is 0.130 e. The minimum absolute atomic E-state index is 0.473. The van der Waals surface area contributed by atoms with Crippen LogP contribution < -0.4 is 4.90 Å². The van der Waals surface area contributed by atoms with Gasteiger partial charge in [0.1, 0.15) is 5.82 Å². The van der Waals surface area contributed by atoms with Crippen LogP contribution in [0.2, 0.25) is 5.02 Å². The van der Waals surface area contributed by atoms with Gasteiger partial charge in [0.25, 0.3) is 0 Å². The zero-order chi connectivity index (χ0) is 16.5. The lowest BCUT2D eigenvalue weighted by molar-refractivity contribution is 0.772. The Morgan fingerprint density at radius 3 is 2.79 bits per heavy atom. The van der Waals surface area contributed by atoms with E-state index in [1.807, 2.05) is 30.6 Å². The quantitative estimate of drug-likeness (QED) is 0.706. The topological polar surface area (TPSA) is 52.8 Å². The molecule has 3 heterocycles. The Morgan fingerprint density at radius 2 is 2.00 bits per heavy atom. The molecule has 1 unspecified atom stereocenters. The number of halogens is 1. The number of nitriles is 1. The fourth-order valence-corrected chi connectivity index (χ4v) is 3.49. The Bertz CT molecular complexity index is 933. The van der Waals surface area contributed by atoms with Gasteiger partial charge in [-0.3, -0.25) is 4.98 Å². The first-order valence-corrected chi connectivity index (χ1v) is 8.27. The van der Waals surface area contributed by atoms with Gasteiger partial charge in [0.05, 0.1) is 17.1 Å². The highest BCUT2D eigenvalue weighted by Gasteiger charge is 2.25. The summed E-state index contributed by atoms with van der Waals surface area (Å²) in [4.78, 5) is 11.1. The van der Waals surface area contributed by atoms with Crippen LogP contribution in [0.15, 0.2) is 48.8 Å². The van der Waals surface area contributed by atoms with Crippen LogP contribution in [0.5, 0.6) is 0 Å². The minimum Gasteiger partial charge on any atom is -0.356 e.